The van der Waals surface area contributed by atoms with Crippen LogP contribution in [0.3, 0.4) is 0 Å². The molecule has 7 heteroatoms. The molecule has 30 heavy (non-hydrogen) atoms. The van der Waals surface area contributed by atoms with Gasteiger partial charge < -0.3 is 0 Å². The molecular weight excluding hydrogens is 389 g/mol. The minimum absolute atomic E-state index is 0.0530. The lowest BCUT2D eigenvalue weighted by molar-refractivity contribution is -0.137. The number of hydrogen-bond acceptors (Lipinski definition) is 2. The van der Waals surface area contributed by atoms with Gasteiger partial charge in [-0.3, -0.25) is 4.68 Å². The standard InChI is InChI=1S/C23H23F3N4/c1-4-7-21(29-13-17-8-5-6-9-20(17)28-29)18-10-15(2)22(16(3)11-18)30-14-19(12-27-30)23(24,25)26/h5-6,8-14,21H,4,7H2,1-3H3. The summed E-state index contributed by atoms with van der Waals surface area (Å²) in [5.41, 5.74) is 3.71. The van der Waals surface area contributed by atoms with E-state index in [1.54, 1.807) is 0 Å². The molecule has 1 unspecified atom stereocenters. The summed E-state index contributed by atoms with van der Waals surface area (Å²) in [5, 5.41) is 9.79. The fourth-order valence-corrected chi connectivity index (χ4v) is 4.00. The van der Waals surface area contributed by atoms with E-state index in [4.69, 9.17) is 5.10 Å². The van der Waals surface area contributed by atoms with Crippen LogP contribution in [-0.2, 0) is 6.18 Å². The van der Waals surface area contributed by atoms with E-state index in [9.17, 15) is 13.2 Å². The van der Waals surface area contributed by atoms with Crippen LogP contribution in [0.15, 0.2) is 55.0 Å². The van der Waals surface area contributed by atoms with Crippen molar-refractivity contribution in [3.8, 4) is 5.69 Å². The van der Waals surface area contributed by atoms with Gasteiger partial charge in [0.1, 0.15) is 0 Å². The van der Waals surface area contributed by atoms with E-state index in [0.717, 1.165) is 52.8 Å². The Kier molecular flexibility index (Phi) is 5.13. The molecule has 0 amide bonds. The molecule has 0 saturated heterocycles. The summed E-state index contributed by atoms with van der Waals surface area (Å²) in [4.78, 5) is 0. The normalized spacial score (nSPS) is 13.1. The molecule has 0 aliphatic carbocycles. The second kappa shape index (κ2) is 7.63. The first-order valence-corrected chi connectivity index (χ1v) is 9.95. The lowest BCUT2D eigenvalue weighted by Gasteiger charge is -2.20. The van der Waals surface area contributed by atoms with Gasteiger partial charge in [-0.05, 0) is 43.0 Å². The summed E-state index contributed by atoms with van der Waals surface area (Å²) in [7, 11) is 0. The van der Waals surface area contributed by atoms with E-state index in [1.165, 1.54) is 4.68 Å². The van der Waals surface area contributed by atoms with Crippen molar-refractivity contribution in [1.29, 1.82) is 0 Å². The highest BCUT2D eigenvalue weighted by molar-refractivity contribution is 5.77. The van der Waals surface area contributed by atoms with E-state index < -0.39 is 11.7 Å². The Labute approximate surface area is 172 Å². The van der Waals surface area contributed by atoms with Crippen LogP contribution in [-0.4, -0.2) is 19.6 Å². The van der Waals surface area contributed by atoms with E-state index >= 15 is 0 Å². The van der Waals surface area contributed by atoms with Gasteiger partial charge in [0.05, 0.1) is 29.0 Å². The van der Waals surface area contributed by atoms with Gasteiger partial charge in [0, 0.05) is 17.8 Å². The minimum atomic E-state index is -4.41. The highest BCUT2D eigenvalue weighted by Crippen LogP contribution is 2.32. The lowest BCUT2D eigenvalue weighted by atomic mass is 9.96. The van der Waals surface area contributed by atoms with Gasteiger partial charge in [-0.1, -0.05) is 43.7 Å². The van der Waals surface area contributed by atoms with Crippen LogP contribution in [0.2, 0.25) is 0 Å². The number of alkyl halides is 3. The molecule has 4 rings (SSSR count). The Bertz CT molecular complexity index is 1130. The first kappa shape index (κ1) is 20.2. The highest BCUT2D eigenvalue weighted by atomic mass is 19.4. The molecule has 1 atom stereocenters. The minimum Gasteiger partial charge on any atom is -0.264 e. The number of rotatable bonds is 5. The third kappa shape index (κ3) is 3.72. The summed E-state index contributed by atoms with van der Waals surface area (Å²) >= 11 is 0. The molecule has 0 fully saturated rings. The van der Waals surface area contributed by atoms with Crippen LogP contribution in [0, 0.1) is 13.8 Å². The van der Waals surface area contributed by atoms with Crippen molar-refractivity contribution in [2.24, 2.45) is 0 Å². The molecule has 0 radical (unpaired) electrons. The Morgan fingerprint density at radius 3 is 2.33 bits per heavy atom. The van der Waals surface area contributed by atoms with Crippen LogP contribution in [0.5, 0.6) is 0 Å². The van der Waals surface area contributed by atoms with Crippen LogP contribution >= 0.6 is 0 Å². The van der Waals surface area contributed by atoms with Gasteiger partial charge >= 0.3 is 6.18 Å². The van der Waals surface area contributed by atoms with Crippen molar-refractivity contribution >= 4 is 10.9 Å². The molecule has 4 nitrogen and oxygen atoms in total. The molecule has 0 saturated carbocycles. The largest absolute Gasteiger partial charge is 0.419 e. The summed E-state index contributed by atoms with van der Waals surface area (Å²) in [6.07, 6.45) is 1.44. The van der Waals surface area contributed by atoms with Crippen molar-refractivity contribution in [1.82, 2.24) is 19.6 Å². The Morgan fingerprint density at radius 1 is 1.03 bits per heavy atom. The topological polar surface area (TPSA) is 35.6 Å². The molecule has 2 aromatic heterocycles. The number of hydrogen-bond donors (Lipinski definition) is 0. The predicted octanol–water partition coefficient (Wildman–Crippen LogP) is 6.25. The van der Waals surface area contributed by atoms with Gasteiger partial charge in [-0.25, -0.2) is 4.68 Å². The molecular formula is C23H23F3N4. The summed E-state index contributed by atoms with van der Waals surface area (Å²) in [6.45, 7) is 5.94. The third-order valence-electron chi connectivity index (χ3n) is 5.35. The molecule has 4 aromatic rings. The Morgan fingerprint density at radius 2 is 1.73 bits per heavy atom. The molecule has 156 valence electrons. The van der Waals surface area contributed by atoms with E-state index in [2.05, 4.69) is 18.2 Å². The van der Waals surface area contributed by atoms with E-state index in [1.807, 2.05) is 54.9 Å². The average molecular weight is 412 g/mol. The number of benzene rings is 2. The smallest absolute Gasteiger partial charge is 0.264 e. The van der Waals surface area contributed by atoms with Crippen LogP contribution in [0.4, 0.5) is 13.2 Å². The van der Waals surface area contributed by atoms with Gasteiger partial charge in [0.2, 0.25) is 0 Å². The molecule has 2 aromatic carbocycles. The molecule has 0 spiro atoms. The molecule has 0 aliphatic heterocycles. The van der Waals surface area contributed by atoms with Crippen molar-refractivity contribution < 1.29 is 13.2 Å². The zero-order valence-electron chi connectivity index (χ0n) is 17.1. The number of halogens is 3. The monoisotopic (exact) mass is 412 g/mol. The summed E-state index contributed by atoms with van der Waals surface area (Å²) < 4.78 is 42.3. The first-order valence-electron chi connectivity index (χ1n) is 9.95. The molecule has 0 aliphatic rings. The number of nitrogens with zero attached hydrogens (tertiary/aromatic N) is 4. The zero-order valence-corrected chi connectivity index (χ0v) is 17.1. The van der Waals surface area contributed by atoms with Crippen molar-refractivity contribution in [2.45, 2.75) is 45.8 Å². The van der Waals surface area contributed by atoms with Crippen molar-refractivity contribution in [3.63, 3.8) is 0 Å². The van der Waals surface area contributed by atoms with Crippen molar-refractivity contribution in [3.05, 3.63) is 77.2 Å². The third-order valence-corrected chi connectivity index (χ3v) is 5.35. The predicted molar refractivity (Wildman–Crippen MR) is 111 cm³/mol. The maximum Gasteiger partial charge on any atom is 0.419 e. The molecule has 2 heterocycles. The van der Waals surface area contributed by atoms with Crippen LogP contribution < -0.4 is 0 Å². The zero-order chi connectivity index (χ0) is 21.5. The maximum absolute atomic E-state index is 13.0. The fraction of sp³-hybridized carbons (Fsp3) is 0.304. The quantitative estimate of drug-likeness (QED) is 0.389. The first-order chi connectivity index (χ1) is 14.3. The summed E-state index contributed by atoms with van der Waals surface area (Å²) in [5.74, 6) is 0. The van der Waals surface area contributed by atoms with Crippen LogP contribution in [0.1, 0.15) is 48.1 Å². The van der Waals surface area contributed by atoms with Gasteiger partial charge in [0.25, 0.3) is 0 Å². The lowest BCUT2D eigenvalue weighted by Crippen LogP contribution is -2.13. The average Bonchev–Trinajstić information content (AvgIpc) is 3.32. The number of aryl methyl sites for hydroxylation is 2. The fourth-order valence-electron chi connectivity index (χ4n) is 4.00. The van der Waals surface area contributed by atoms with Crippen molar-refractivity contribution in [2.75, 3.05) is 0 Å². The van der Waals surface area contributed by atoms with Gasteiger partial charge in [-0.15, -0.1) is 0 Å². The molecule has 0 bridgehead atoms. The maximum atomic E-state index is 13.0. The number of aromatic nitrogens is 4. The highest BCUT2D eigenvalue weighted by Gasteiger charge is 2.32. The second-order valence-electron chi connectivity index (χ2n) is 7.65. The molecule has 0 N–H and O–H groups in total. The Hall–Kier alpha value is -3.09. The second-order valence-corrected chi connectivity index (χ2v) is 7.65. The van der Waals surface area contributed by atoms with E-state index in [0.29, 0.717) is 5.69 Å². The summed E-state index contributed by atoms with van der Waals surface area (Å²) in [6, 6.07) is 12.1. The Balaban J connectivity index is 1.75. The number of fused-ring (bicyclic) bond motifs is 1. The van der Waals surface area contributed by atoms with E-state index in [-0.39, 0.29) is 6.04 Å². The van der Waals surface area contributed by atoms with Gasteiger partial charge in [-0.2, -0.15) is 23.4 Å². The van der Waals surface area contributed by atoms with Gasteiger partial charge in [0.15, 0.2) is 0 Å². The van der Waals surface area contributed by atoms with Crippen LogP contribution in [0.25, 0.3) is 16.6 Å². The SMILES string of the molecule is CCCC(c1cc(C)c(-n2cc(C(F)(F)F)cn2)c(C)c1)n1cc2ccccc2n1.